The van der Waals surface area contributed by atoms with Crippen LogP contribution >= 0.6 is 0 Å². The van der Waals surface area contributed by atoms with E-state index >= 15 is 0 Å². The summed E-state index contributed by atoms with van der Waals surface area (Å²) in [5, 5.41) is 0. The first-order valence-electron chi connectivity index (χ1n) is 12.1. The maximum Gasteiger partial charge on any atom is 0.432 e. The number of benzene rings is 4. The largest absolute Gasteiger partial charge is 0.432 e. The van der Waals surface area contributed by atoms with E-state index in [1.54, 1.807) is 6.92 Å². The molecule has 0 aliphatic heterocycles. The number of aryl methyl sites for hydroxylation is 1. The lowest BCUT2D eigenvalue weighted by Gasteiger charge is -2.20. The molecule has 0 aromatic heterocycles. The van der Waals surface area contributed by atoms with Crippen LogP contribution in [0, 0.1) is 47.6 Å². The van der Waals surface area contributed by atoms with Crippen molar-refractivity contribution in [2.24, 2.45) is 0 Å². The van der Waals surface area contributed by atoms with Crippen LogP contribution in [0.15, 0.2) is 60.7 Å². The fraction of sp³-hybridized carbons (Fsp3) is 0.200. The molecule has 0 amide bonds. The zero-order valence-corrected chi connectivity index (χ0v) is 22.1. The Balaban J connectivity index is 0.00000134. The minimum absolute atomic E-state index is 0.222. The lowest BCUT2D eigenvalue weighted by Crippen LogP contribution is -2.25. The second-order valence-electron chi connectivity index (χ2n) is 7.81. The topological polar surface area (TPSA) is 9.23 Å². The first kappa shape index (κ1) is 32.3. The first-order chi connectivity index (χ1) is 18.9. The van der Waals surface area contributed by atoms with E-state index in [0.29, 0.717) is 35.9 Å². The van der Waals surface area contributed by atoms with Gasteiger partial charge in [0.1, 0.15) is 34.6 Å². The van der Waals surface area contributed by atoms with E-state index in [9.17, 15) is 39.5 Å². The maximum absolute atomic E-state index is 14.7. The Morgan fingerprint density at radius 1 is 0.525 bits per heavy atom. The fourth-order valence-electron chi connectivity index (χ4n) is 3.56. The number of ether oxygens (including phenoxy) is 1. The summed E-state index contributed by atoms with van der Waals surface area (Å²) in [5.74, 6) is -11.5. The molecule has 0 saturated carbocycles. The normalized spacial score (nSPS) is 10.8. The highest BCUT2D eigenvalue weighted by Crippen LogP contribution is 2.38. The Hall–Kier alpha value is -3.95. The molecule has 0 aliphatic carbocycles. The molecule has 0 atom stereocenters. The Kier molecular flexibility index (Phi) is 10.8. The molecule has 0 heterocycles. The van der Waals surface area contributed by atoms with Gasteiger partial charge in [0.15, 0.2) is 17.5 Å². The summed E-state index contributed by atoms with van der Waals surface area (Å²) in [4.78, 5) is 0. The third-order valence-electron chi connectivity index (χ3n) is 5.25. The van der Waals surface area contributed by atoms with Crippen molar-refractivity contribution in [2.45, 2.75) is 40.7 Å². The average Bonchev–Trinajstić information content (AvgIpc) is 2.88. The van der Waals surface area contributed by atoms with Gasteiger partial charge in [-0.15, -0.1) is 0 Å². The molecular formula is C30H25F9O. The standard InChI is InChI=1S/C26H13F9O.2C2H6/c1-12-2-4-16(18(27)6-12)13-7-20(29)24(21(30)8-13)26(34,35)36-15-3-5-17(19(28)11-15)14-9-22(31)25(33)23(32)10-14;2*1-2/h2-11H,1H3;2*1-2H3. The third kappa shape index (κ3) is 6.97. The van der Waals surface area contributed by atoms with E-state index in [1.807, 2.05) is 27.7 Å². The van der Waals surface area contributed by atoms with Gasteiger partial charge in [0.05, 0.1) is 0 Å². The van der Waals surface area contributed by atoms with E-state index in [1.165, 1.54) is 12.1 Å². The minimum atomic E-state index is -4.64. The van der Waals surface area contributed by atoms with Gasteiger partial charge in [-0.3, -0.25) is 0 Å². The van der Waals surface area contributed by atoms with Crippen molar-refractivity contribution in [1.29, 1.82) is 0 Å². The Morgan fingerprint density at radius 2 is 0.950 bits per heavy atom. The first-order valence-corrected chi connectivity index (χ1v) is 12.1. The quantitative estimate of drug-likeness (QED) is 0.171. The summed E-state index contributed by atoms with van der Waals surface area (Å²) in [6.07, 6.45) is -4.64. The molecule has 1 nitrogen and oxygen atoms in total. The zero-order valence-electron chi connectivity index (χ0n) is 22.1. The molecule has 0 N–H and O–H groups in total. The predicted octanol–water partition coefficient (Wildman–Crippen LogP) is 10.5. The smallest absolute Gasteiger partial charge is 0.429 e. The lowest BCUT2D eigenvalue weighted by atomic mass is 10.0. The van der Waals surface area contributed by atoms with Crippen molar-refractivity contribution < 1.29 is 44.3 Å². The Morgan fingerprint density at radius 3 is 1.40 bits per heavy atom. The highest BCUT2D eigenvalue weighted by molar-refractivity contribution is 5.66. The molecule has 10 heteroatoms. The minimum Gasteiger partial charge on any atom is -0.429 e. The SMILES string of the molecule is CC.CC.Cc1ccc(-c2cc(F)c(C(F)(F)Oc3ccc(-c4cc(F)c(F)c(F)c4)c(F)c3)c(F)c2)c(F)c1. The molecule has 0 unspecified atom stereocenters. The molecule has 0 radical (unpaired) electrons. The van der Waals surface area contributed by atoms with Crippen molar-refractivity contribution >= 4 is 0 Å². The van der Waals surface area contributed by atoms with Crippen molar-refractivity contribution in [3.63, 3.8) is 0 Å². The zero-order chi connectivity index (χ0) is 30.4. The van der Waals surface area contributed by atoms with Gasteiger partial charge in [0, 0.05) is 17.2 Å². The number of hydrogen-bond donors (Lipinski definition) is 0. The van der Waals surface area contributed by atoms with Crippen LogP contribution in [0.3, 0.4) is 0 Å². The van der Waals surface area contributed by atoms with Crippen molar-refractivity contribution in [1.82, 2.24) is 0 Å². The van der Waals surface area contributed by atoms with E-state index < -0.39 is 69.3 Å². The van der Waals surface area contributed by atoms with Gasteiger partial charge in [0.2, 0.25) is 0 Å². The molecule has 0 bridgehead atoms. The van der Waals surface area contributed by atoms with Crippen LogP contribution in [0.4, 0.5) is 39.5 Å². The highest BCUT2D eigenvalue weighted by atomic mass is 19.3. The van der Waals surface area contributed by atoms with Gasteiger partial charge < -0.3 is 4.74 Å². The summed E-state index contributed by atoms with van der Waals surface area (Å²) in [5.41, 5.74) is -2.74. The van der Waals surface area contributed by atoms with Crippen molar-refractivity contribution in [3.8, 4) is 28.0 Å². The maximum atomic E-state index is 14.7. The third-order valence-corrected chi connectivity index (χ3v) is 5.25. The summed E-state index contributed by atoms with van der Waals surface area (Å²) >= 11 is 0. The second-order valence-corrected chi connectivity index (χ2v) is 7.81. The molecule has 4 rings (SSSR count). The fourth-order valence-corrected chi connectivity index (χ4v) is 3.56. The monoisotopic (exact) mass is 572 g/mol. The highest BCUT2D eigenvalue weighted by Gasteiger charge is 2.41. The summed E-state index contributed by atoms with van der Waals surface area (Å²) in [7, 11) is 0. The number of halogens is 9. The second kappa shape index (κ2) is 13.4. The molecule has 0 fully saturated rings. The van der Waals surface area contributed by atoms with Crippen molar-refractivity contribution in [2.75, 3.05) is 0 Å². The van der Waals surface area contributed by atoms with Crippen LogP contribution in [0.25, 0.3) is 22.3 Å². The molecule has 0 saturated heterocycles. The molecule has 40 heavy (non-hydrogen) atoms. The molecule has 4 aromatic carbocycles. The molecule has 0 spiro atoms. The lowest BCUT2D eigenvalue weighted by molar-refractivity contribution is -0.189. The number of alkyl halides is 2. The molecule has 4 aromatic rings. The summed E-state index contributed by atoms with van der Waals surface area (Å²) in [6.45, 7) is 9.58. The van der Waals surface area contributed by atoms with Gasteiger partial charge in [-0.1, -0.05) is 39.8 Å². The van der Waals surface area contributed by atoms with Crippen LogP contribution in [0.1, 0.15) is 38.8 Å². The van der Waals surface area contributed by atoms with Gasteiger partial charge in [-0.25, -0.2) is 30.7 Å². The average molecular weight is 573 g/mol. The van der Waals surface area contributed by atoms with Crippen LogP contribution < -0.4 is 4.74 Å². The summed E-state index contributed by atoms with van der Waals surface area (Å²) in [6, 6.07) is 7.76. The summed E-state index contributed by atoms with van der Waals surface area (Å²) < 4.78 is 132. The van der Waals surface area contributed by atoms with E-state index in [2.05, 4.69) is 4.74 Å². The van der Waals surface area contributed by atoms with Crippen LogP contribution in [-0.4, -0.2) is 0 Å². The molecule has 0 aliphatic rings. The molecular weight excluding hydrogens is 547 g/mol. The van der Waals surface area contributed by atoms with Crippen LogP contribution in [0.2, 0.25) is 0 Å². The van der Waals surface area contributed by atoms with Gasteiger partial charge in [-0.2, -0.15) is 8.78 Å². The van der Waals surface area contributed by atoms with E-state index in [-0.39, 0.29) is 11.1 Å². The van der Waals surface area contributed by atoms with Gasteiger partial charge >= 0.3 is 6.11 Å². The Bertz CT molecular complexity index is 1440. The van der Waals surface area contributed by atoms with Crippen molar-refractivity contribution in [3.05, 3.63) is 113 Å². The van der Waals surface area contributed by atoms with Crippen LogP contribution in [-0.2, 0) is 6.11 Å². The van der Waals surface area contributed by atoms with Gasteiger partial charge in [-0.05, 0) is 66.1 Å². The molecule has 214 valence electrons. The van der Waals surface area contributed by atoms with E-state index in [0.717, 1.165) is 18.2 Å². The predicted molar refractivity (Wildman–Crippen MR) is 135 cm³/mol. The number of hydrogen-bond acceptors (Lipinski definition) is 1. The van der Waals surface area contributed by atoms with Gasteiger partial charge in [0.25, 0.3) is 0 Å². The Labute approximate surface area is 225 Å². The van der Waals surface area contributed by atoms with E-state index in [4.69, 9.17) is 0 Å². The number of rotatable bonds is 5. The van der Waals surface area contributed by atoms with Crippen LogP contribution in [0.5, 0.6) is 5.75 Å².